The summed E-state index contributed by atoms with van der Waals surface area (Å²) in [5.41, 5.74) is 0. The van der Waals surface area contributed by atoms with Gasteiger partial charge in [-0.25, -0.2) is 0 Å². The lowest BCUT2D eigenvalue weighted by molar-refractivity contribution is 0.384. The summed E-state index contributed by atoms with van der Waals surface area (Å²) in [5.74, 6) is -2.71. The van der Waals surface area contributed by atoms with Gasteiger partial charge in [-0.1, -0.05) is 54.4 Å². The summed E-state index contributed by atoms with van der Waals surface area (Å²) in [6.45, 7) is -4.78. The molecule has 3 rings (SSSR count). The molecule has 116 valence electrons. The lowest BCUT2D eigenvalue weighted by atomic mass is 10.3. The van der Waals surface area contributed by atoms with Crippen molar-refractivity contribution < 1.29 is 34.1 Å². The van der Waals surface area contributed by atoms with Crippen LogP contribution in [-0.4, -0.2) is 0 Å². The molecular formula is C18H15O3PS. The SMILES string of the molecule is [2H]c1c([2H])c([2H])c(OP(=S)(Oc2c([2H])c([2H])c([2H])c([2H])c2[2H])Oc2c([2H])c([2H])c([2H])c([2H])c2[2H])c([2H])c1[2H]. The van der Waals surface area contributed by atoms with Crippen molar-refractivity contribution in [2.24, 2.45) is 0 Å². The van der Waals surface area contributed by atoms with Crippen molar-refractivity contribution in [3.8, 4) is 17.2 Å². The Morgan fingerprint density at radius 2 is 0.826 bits per heavy atom. The van der Waals surface area contributed by atoms with Gasteiger partial charge in [-0.2, -0.15) is 0 Å². The standard InChI is InChI=1S/C18H15O3PS/c23-22(19-16-10-4-1-5-11-16,20-17-12-6-2-7-13-17)21-18-14-8-3-9-15-18/h1-15H/i1D,2D,3D,4D,5D,6D,7D,8D,9D,10D,11D,12D,13D,14D,15D. The molecule has 0 amide bonds. The molecule has 0 saturated heterocycles. The molecule has 0 atom stereocenters. The summed E-state index contributed by atoms with van der Waals surface area (Å²) in [5, 5.41) is 0. The average molecular weight is 357 g/mol. The molecule has 0 aromatic heterocycles. The van der Waals surface area contributed by atoms with E-state index in [4.69, 9.17) is 45.9 Å². The van der Waals surface area contributed by atoms with E-state index in [1.807, 2.05) is 0 Å². The fraction of sp³-hybridized carbons (Fsp3) is 0. The monoisotopic (exact) mass is 357 g/mol. The zero-order valence-corrected chi connectivity index (χ0v) is 12.8. The zero-order chi connectivity index (χ0) is 29.0. The number of hydrogen-bond acceptors (Lipinski definition) is 4. The van der Waals surface area contributed by atoms with Gasteiger partial charge in [0.05, 0.1) is 20.6 Å². The second-order valence-electron chi connectivity index (χ2n) is 3.58. The molecule has 0 spiro atoms. The number of hydrogen-bond donors (Lipinski definition) is 0. The maximum atomic E-state index is 8.08. The van der Waals surface area contributed by atoms with Crippen LogP contribution in [0.4, 0.5) is 0 Å². The van der Waals surface area contributed by atoms with Crippen LogP contribution in [0.25, 0.3) is 0 Å². The van der Waals surface area contributed by atoms with Crippen LogP contribution in [0.2, 0.25) is 0 Å². The van der Waals surface area contributed by atoms with E-state index in [1.165, 1.54) is 0 Å². The van der Waals surface area contributed by atoms with Crippen LogP contribution in [0.15, 0.2) is 90.6 Å². The van der Waals surface area contributed by atoms with Gasteiger partial charge in [-0.05, 0) is 36.3 Å². The molecule has 3 aromatic carbocycles. The topological polar surface area (TPSA) is 27.7 Å². The first-order valence-electron chi connectivity index (χ1n) is 13.3. The number of para-hydroxylation sites is 3. The number of rotatable bonds is 6. The van der Waals surface area contributed by atoms with Crippen molar-refractivity contribution >= 4 is 18.5 Å². The molecule has 3 aromatic rings. The maximum absolute atomic E-state index is 8.08. The van der Waals surface area contributed by atoms with Crippen molar-refractivity contribution in [3.63, 3.8) is 0 Å². The van der Waals surface area contributed by atoms with Crippen molar-refractivity contribution in [1.29, 1.82) is 0 Å². The van der Waals surface area contributed by atoms with Gasteiger partial charge >= 0.3 is 6.72 Å². The smallest absolute Gasteiger partial charge is 0.407 e. The largest absolute Gasteiger partial charge is 0.490 e. The van der Waals surface area contributed by atoms with Crippen LogP contribution in [0.3, 0.4) is 0 Å². The molecule has 3 nitrogen and oxygen atoms in total. The summed E-state index contributed by atoms with van der Waals surface area (Å²) in [4.78, 5) is 0. The molecule has 0 aliphatic rings. The third-order valence-electron chi connectivity index (χ3n) is 2.04. The molecule has 0 aliphatic carbocycles. The Hall–Kier alpha value is -2.29. The van der Waals surface area contributed by atoms with Crippen molar-refractivity contribution in [2.45, 2.75) is 0 Å². The highest BCUT2D eigenvalue weighted by molar-refractivity contribution is 8.08. The molecule has 23 heavy (non-hydrogen) atoms. The van der Waals surface area contributed by atoms with E-state index >= 15 is 0 Å². The normalized spacial score (nSPS) is 19.9. The van der Waals surface area contributed by atoms with Gasteiger partial charge in [0.25, 0.3) is 0 Å². The fourth-order valence-electron chi connectivity index (χ4n) is 1.24. The van der Waals surface area contributed by atoms with Crippen LogP contribution in [-0.2, 0) is 11.8 Å². The molecule has 0 heterocycles. The first-order valence-corrected chi connectivity index (χ1v) is 8.40. The van der Waals surface area contributed by atoms with E-state index in [1.54, 1.807) is 0 Å². The van der Waals surface area contributed by atoms with Crippen molar-refractivity contribution in [3.05, 3.63) is 90.6 Å². The zero-order valence-electron chi connectivity index (χ0n) is 26.1. The highest BCUT2D eigenvalue weighted by Gasteiger charge is 2.26. The molecule has 0 saturated carbocycles. The van der Waals surface area contributed by atoms with Crippen LogP contribution in [0.5, 0.6) is 17.2 Å². The predicted molar refractivity (Wildman–Crippen MR) is 95.5 cm³/mol. The molecule has 0 radical (unpaired) electrons. The quantitative estimate of drug-likeness (QED) is 0.549. The molecule has 0 bridgehead atoms. The highest BCUT2D eigenvalue weighted by atomic mass is 32.5. The van der Waals surface area contributed by atoms with Gasteiger partial charge < -0.3 is 13.6 Å². The lowest BCUT2D eigenvalue weighted by Crippen LogP contribution is -2.07. The van der Waals surface area contributed by atoms with Gasteiger partial charge in [0, 0.05) is 11.8 Å². The number of benzene rings is 3. The summed E-state index contributed by atoms with van der Waals surface area (Å²) < 4.78 is 135. The Morgan fingerprint density at radius 3 is 1.09 bits per heavy atom. The van der Waals surface area contributed by atoms with Gasteiger partial charge in [0.2, 0.25) is 0 Å². The Labute approximate surface area is 161 Å². The lowest BCUT2D eigenvalue weighted by Gasteiger charge is -2.23. The van der Waals surface area contributed by atoms with Crippen LogP contribution < -0.4 is 13.6 Å². The van der Waals surface area contributed by atoms with Crippen molar-refractivity contribution in [1.82, 2.24) is 0 Å². The van der Waals surface area contributed by atoms with Gasteiger partial charge in [0.1, 0.15) is 17.2 Å². The molecule has 0 unspecified atom stereocenters. The minimum absolute atomic E-state index is 0.779. The fourth-order valence-corrected chi connectivity index (χ4v) is 2.97. The Kier molecular flexibility index (Phi) is 1.80. The van der Waals surface area contributed by atoms with Crippen LogP contribution in [0.1, 0.15) is 20.6 Å². The van der Waals surface area contributed by atoms with Gasteiger partial charge in [-0.15, -0.1) is 0 Å². The third kappa shape index (κ3) is 4.59. The van der Waals surface area contributed by atoms with E-state index in [2.05, 4.69) is 0 Å². The average Bonchev–Trinajstić information content (AvgIpc) is 2.89. The van der Waals surface area contributed by atoms with E-state index in [-0.39, 0.29) is 0 Å². The van der Waals surface area contributed by atoms with E-state index in [0.29, 0.717) is 0 Å². The summed E-state index contributed by atoms with van der Waals surface area (Å²) in [6, 6.07) is -12.8. The van der Waals surface area contributed by atoms with E-state index in [9.17, 15) is 0 Å². The van der Waals surface area contributed by atoms with Crippen molar-refractivity contribution in [2.75, 3.05) is 0 Å². The maximum Gasteiger partial charge on any atom is 0.490 e. The second kappa shape index (κ2) is 7.32. The Bertz CT molecular complexity index is 1280. The Balaban J connectivity index is 2.31. The minimum Gasteiger partial charge on any atom is -0.407 e. The minimum atomic E-state index is -4.78. The molecular weight excluding hydrogens is 327 g/mol. The van der Waals surface area contributed by atoms with Crippen LogP contribution >= 0.6 is 6.72 Å². The first-order chi connectivity index (χ1) is 17.4. The highest BCUT2D eigenvalue weighted by Crippen LogP contribution is 2.49. The van der Waals surface area contributed by atoms with E-state index < -0.39 is 115 Å². The molecule has 0 N–H and O–H groups in total. The summed E-state index contributed by atoms with van der Waals surface area (Å²) in [6.07, 6.45) is 0. The summed E-state index contributed by atoms with van der Waals surface area (Å²) in [7, 11) is 0. The van der Waals surface area contributed by atoms with E-state index in [0.717, 1.165) is 0 Å². The van der Waals surface area contributed by atoms with Gasteiger partial charge in [-0.3, -0.25) is 0 Å². The second-order valence-corrected chi connectivity index (χ2v) is 6.37. The molecule has 0 fully saturated rings. The molecule has 0 aliphatic heterocycles. The summed E-state index contributed by atoms with van der Waals surface area (Å²) >= 11 is 5.30. The van der Waals surface area contributed by atoms with Crippen LogP contribution in [0, 0.1) is 0 Å². The predicted octanol–water partition coefficient (Wildman–Crippen LogP) is 5.45. The Morgan fingerprint density at radius 1 is 0.565 bits per heavy atom. The first kappa shape index (κ1) is 5.66. The van der Waals surface area contributed by atoms with Gasteiger partial charge in [0.15, 0.2) is 0 Å². The third-order valence-corrected chi connectivity index (χ3v) is 3.93. The molecule has 5 heteroatoms.